The summed E-state index contributed by atoms with van der Waals surface area (Å²) in [5, 5.41) is 9.95. The van der Waals surface area contributed by atoms with Gasteiger partial charge in [-0.15, -0.1) is 0 Å². The van der Waals surface area contributed by atoms with E-state index in [2.05, 4.69) is 45.9 Å². The third kappa shape index (κ3) is 4.27. The Morgan fingerprint density at radius 2 is 1.83 bits per heavy atom. The van der Waals surface area contributed by atoms with Crippen molar-refractivity contribution < 1.29 is 5.11 Å². The Bertz CT molecular complexity index is 689. The van der Waals surface area contributed by atoms with E-state index in [9.17, 15) is 5.11 Å². The standard InChI is InChI=1S/C20H26ClNO/c1-13-5-7-16(20(2,3)4)11-17(13)15(12-22)9-14-6-8-19(23)18(21)10-14/h5-8,10-11,15,23H,9,12,22H2,1-4H3. The molecule has 2 aromatic carbocycles. The lowest BCUT2D eigenvalue weighted by Gasteiger charge is -2.24. The maximum atomic E-state index is 9.57. The zero-order valence-corrected chi connectivity index (χ0v) is 15.1. The van der Waals surface area contributed by atoms with Gasteiger partial charge in [-0.2, -0.15) is 0 Å². The molecule has 2 nitrogen and oxygen atoms in total. The summed E-state index contributed by atoms with van der Waals surface area (Å²) in [6, 6.07) is 12.0. The lowest BCUT2D eigenvalue weighted by atomic mass is 9.81. The molecule has 0 saturated heterocycles. The van der Waals surface area contributed by atoms with Crippen LogP contribution in [0.25, 0.3) is 0 Å². The summed E-state index contributed by atoms with van der Waals surface area (Å²) < 4.78 is 0. The molecule has 1 atom stereocenters. The van der Waals surface area contributed by atoms with Crippen LogP contribution >= 0.6 is 11.6 Å². The Kier molecular flexibility index (Phi) is 5.38. The second kappa shape index (κ2) is 6.94. The molecule has 0 heterocycles. The fourth-order valence-electron chi connectivity index (χ4n) is 2.83. The van der Waals surface area contributed by atoms with Crippen molar-refractivity contribution in [1.29, 1.82) is 0 Å². The van der Waals surface area contributed by atoms with Gasteiger partial charge in [-0.05, 0) is 59.7 Å². The highest BCUT2D eigenvalue weighted by Gasteiger charge is 2.19. The van der Waals surface area contributed by atoms with Crippen molar-refractivity contribution in [2.75, 3.05) is 6.54 Å². The maximum Gasteiger partial charge on any atom is 0.134 e. The van der Waals surface area contributed by atoms with E-state index < -0.39 is 0 Å². The SMILES string of the molecule is Cc1ccc(C(C)(C)C)cc1C(CN)Cc1ccc(O)c(Cl)c1. The largest absolute Gasteiger partial charge is 0.506 e. The van der Waals surface area contributed by atoms with E-state index in [-0.39, 0.29) is 17.1 Å². The van der Waals surface area contributed by atoms with Crippen LogP contribution in [0.3, 0.4) is 0 Å². The highest BCUT2D eigenvalue weighted by molar-refractivity contribution is 6.32. The first-order valence-corrected chi connectivity index (χ1v) is 8.38. The number of phenolic OH excluding ortho intramolecular Hbond substituents is 1. The van der Waals surface area contributed by atoms with Crippen molar-refractivity contribution >= 4 is 11.6 Å². The third-order valence-electron chi connectivity index (χ3n) is 4.36. The van der Waals surface area contributed by atoms with Crippen LogP contribution in [0.2, 0.25) is 5.02 Å². The molecule has 0 amide bonds. The van der Waals surface area contributed by atoms with E-state index in [1.54, 1.807) is 6.07 Å². The number of hydrogen-bond donors (Lipinski definition) is 2. The predicted molar refractivity (Wildman–Crippen MR) is 98.5 cm³/mol. The zero-order chi connectivity index (χ0) is 17.2. The summed E-state index contributed by atoms with van der Waals surface area (Å²) in [5.74, 6) is 0.350. The molecular weight excluding hydrogens is 306 g/mol. The molecule has 124 valence electrons. The van der Waals surface area contributed by atoms with Gasteiger partial charge in [0, 0.05) is 5.92 Å². The van der Waals surface area contributed by atoms with Gasteiger partial charge >= 0.3 is 0 Å². The molecule has 0 aliphatic carbocycles. The van der Waals surface area contributed by atoms with Gasteiger partial charge in [0.2, 0.25) is 0 Å². The summed E-state index contributed by atoms with van der Waals surface area (Å²) in [6.45, 7) is 9.37. The summed E-state index contributed by atoms with van der Waals surface area (Å²) in [5.41, 5.74) is 11.1. The van der Waals surface area contributed by atoms with Crippen LogP contribution < -0.4 is 5.73 Å². The Morgan fingerprint density at radius 3 is 2.39 bits per heavy atom. The Labute approximate surface area is 144 Å². The lowest BCUT2D eigenvalue weighted by molar-refractivity contribution is 0.475. The van der Waals surface area contributed by atoms with Crippen molar-refractivity contribution in [2.45, 2.75) is 45.4 Å². The van der Waals surface area contributed by atoms with E-state index in [1.165, 1.54) is 16.7 Å². The Hall–Kier alpha value is -1.51. The topological polar surface area (TPSA) is 46.2 Å². The van der Waals surface area contributed by atoms with E-state index >= 15 is 0 Å². The van der Waals surface area contributed by atoms with Crippen LogP contribution in [0.15, 0.2) is 36.4 Å². The van der Waals surface area contributed by atoms with Crippen LogP contribution in [0, 0.1) is 6.92 Å². The van der Waals surface area contributed by atoms with E-state index in [0.29, 0.717) is 11.6 Å². The van der Waals surface area contributed by atoms with E-state index in [1.807, 2.05) is 12.1 Å². The first kappa shape index (κ1) is 17.8. The Morgan fingerprint density at radius 1 is 1.13 bits per heavy atom. The van der Waals surface area contributed by atoms with Gasteiger partial charge in [0.25, 0.3) is 0 Å². The molecule has 0 aliphatic rings. The second-order valence-electron chi connectivity index (χ2n) is 7.24. The number of benzene rings is 2. The van der Waals surface area contributed by atoms with Crippen molar-refractivity contribution in [2.24, 2.45) is 5.73 Å². The molecule has 1 unspecified atom stereocenters. The first-order valence-electron chi connectivity index (χ1n) is 8.01. The van der Waals surface area contributed by atoms with Crippen LogP contribution in [-0.2, 0) is 11.8 Å². The van der Waals surface area contributed by atoms with E-state index in [0.717, 1.165) is 12.0 Å². The van der Waals surface area contributed by atoms with Gasteiger partial charge in [0.05, 0.1) is 5.02 Å². The molecular formula is C20H26ClNO. The van der Waals surface area contributed by atoms with Crippen molar-refractivity contribution in [3.05, 3.63) is 63.7 Å². The molecule has 0 aromatic heterocycles. The molecule has 0 spiro atoms. The van der Waals surface area contributed by atoms with Gasteiger partial charge in [0.15, 0.2) is 0 Å². The molecule has 3 heteroatoms. The minimum absolute atomic E-state index is 0.115. The molecule has 0 aliphatic heterocycles. The van der Waals surface area contributed by atoms with Gasteiger partial charge in [-0.1, -0.05) is 56.6 Å². The number of aromatic hydroxyl groups is 1. The summed E-state index contributed by atoms with van der Waals surface area (Å²) in [4.78, 5) is 0. The molecule has 3 N–H and O–H groups in total. The number of aryl methyl sites for hydroxylation is 1. The van der Waals surface area contributed by atoms with Gasteiger partial charge < -0.3 is 10.8 Å². The molecule has 23 heavy (non-hydrogen) atoms. The number of halogens is 1. The van der Waals surface area contributed by atoms with Gasteiger partial charge in [0.1, 0.15) is 5.75 Å². The average Bonchev–Trinajstić information content (AvgIpc) is 2.48. The molecule has 2 rings (SSSR count). The summed E-state index contributed by atoms with van der Waals surface area (Å²) >= 11 is 6.02. The fourth-order valence-corrected chi connectivity index (χ4v) is 3.03. The molecule has 0 bridgehead atoms. The van der Waals surface area contributed by atoms with Crippen molar-refractivity contribution in [3.63, 3.8) is 0 Å². The van der Waals surface area contributed by atoms with Crippen LogP contribution in [0.5, 0.6) is 5.75 Å². The van der Waals surface area contributed by atoms with Crippen LogP contribution in [0.1, 0.15) is 48.9 Å². The second-order valence-corrected chi connectivity index (χ2v) is 7.65. The first-order chi connectivity index (χ1) is 10.7. The zero-order valence-electron chi connectivity index (χ0n) is 14.4. The van der Waals surface area contributed by atoms with Crippen LogP contribution in [-0.4, -0.2) is 11.7 Å². The Balaban J connectivity index is 2.35. The summed E-state index contributed by atoms with van der Waals surface area (Å²) in [7, 11) is 0. The third-order valence-corrected chi connectivity index (χ3v) is 4.67. The molecule has 0 radical (unpaired) electrons. The highest BCUT2D eigenvalue weighted by atomic mass is 35.5. The van der Waals surface area contributed by atoms with Crippen LogP contribution in [0.4, 0.5) is 0 Å². The fraction of sp³-hybridized carbons (Fsp3) is 0.400. The average molecular weight is 332 g/mol. The number of phenols is 1. The van der Waals surface area contributed by atoms with Crippen molar-refractivity contribution in [3.8, 4) is 5.75 Å². The smallest absolute Gasteiger partial charge is 0.134 e. The molecule has 2 aromatic rings. The molecule has 0 fully saturated rings. The van der Waals surface area contributed by atoms with Crippen molar-refractivity contribution in [1.82, 2.24) is 0 Å². The normalized spacial score (nSPS) is 13.1. The lowest BCUT2D eigenvalue weighted by Crippen LogP contribution is -2.18. The summed E-state index contributed by atoms with van der Waals surface area (Å²) in [6.07, 6.45) is 0.810. The monoisotopic (exact) mass is 331 g/mol. The quantitative estimate of drug-likeness (QED) is 0.833. The minimum Gasteiger partial charge on any atom is -0.506 e. The van der Waals surface area contributed by atoms with E-state index in [4.69, 9.17) is 17.3 Å². The maximum absolute atomic E-state index is 9.57. The number of hydrogen-bond acceptors (Lipinski definition) is 2. The van der Waals surface area contributed by atoms with Gasteiger partial charge in [-0.3, -0.25) is 0 Å². The highest BCUT2D eigenvalue weighted by Crippen LogP contribution is 2.31. The molecule has 0 saturated carbocycles. The number of nitrogens with two attached hydrogens (primary N) is 1. The predicted octanol–water partition coefficient (Wildman–Crippen LogP) is 4.94. The minimum atomic E-state index is 0.115. The number of rotatable bonds is 4. The van der Waals surface area contributed by atoms with Gasteiger partial charge in [-0.25, -0.2) is 0 Å².